The maximum Gasteiger partial charge on any atom is 0.225 e. The monoisotopic (exact) mass is 270 g/mol. The van der Waals surface area contributed by atoms with E-state index >= 15 is 0 Å². The smallest absolute Gasteiger partial charge is 0.225 e. The van der Waals surface area contributed by atoms with Crippen molar-refractivity contribution >= 4 is 27.7 Å². The molecule has 1 aromatic carbocycles. The maximum atomic E-state index is 12.2. The Morgan fingerprint density at radius 1 is 1.29 bits per heavy atom. The van der Waals surface area contributed by atoms with Crippen LogP contribution >= 0.6 is 11.6 Å². The standard InChI is InChI=1S/C10H7ClN2O3S/c11-8-3-1-2-4-9(8)17(15,16)10-7(6-14)5-12-13-10/h1-6H,(H,12,13). The van der Waals surface area contributed by atoms with E-state index in [1.807, 2.05) is 0 Å². The van der Waals surface area contributed by atoms with Crippen LogP contribution in [0.15, 0.2) is 40.4 Å². The van der Waals surface area contributed by atoms with Crippen LogP contribution in [0.2, 0.25) is 5.02 Å². The van der Waals surface area contributed by atoms with E-state index in [9.17, 15) is 13.2 Å². The Bertz CT molecular complexity index is 664. The number of rotatable bonds is 3. The molecule has 1 N–H and O–H groups in total. The van der Waals surface area contributed by atoms with Crippen LogP contribution in [-0.2, 0) is 9.84 Å². The SMILES string of the molecule is O=Cc1cn[nH]c1S(=O)(=O)c1ccccc1Cl. The van der Waals surface area contributed by atoms with Gasteiger partial charge in [0.2, 0.25) is 9.84 Å². The molecule has 0 bridgehead atoms. The van der Waals surface area contributed by atoms with Crippen LogP contribution in [0.25, 0.3) is 0 Å². The number of carbonyl (C=O) groups is 1. The van der Waals surface area contributed by atoms with Crippen LogP contribution < -0.4 is 0 Å². The lowest BCUT2D eigenvalue weighted by molar-refractivity contribution is 0.112. The number of aromatic nitrogens is 2. The number of halogens is 1. The molecule has 0 unspecified atom stereocenters. The van der Waals surface area contributed by atoms with Crippen molar-refractivity contribution < 1.29 is 13.2 Å². The molecule has 2 aromatic rings. The normalized spacial score (nSPS) is 11.4. The number of carbonyl (C=O) groups excluding carboxylic acids is 1. The number of sulfone groups is 1. The highest BCUT2D eigenvalue weighted by molar-refractivity contribution is 7.91. The molecule has 0 radical (unpaired) electrons. The van der Waals surface area contributed by atoms with Crippen LogP contribution in [-0.4, -0.2) is 24.9 Å². The van der Waals surface area contributed by atoms with E-state index in [1.165, 1.54) is 12.1 Å². The largest absolute Gasteiger partial charge is 0.298 e. The Hall–Kier alpha value is -1.66. The third-order valence-corrected chi connectivity index (χ3v) is 4.39. The summed E-state index contributed by atoms with van der Waals surface area (Å²) >= 11 is 5.82. The number of benzene rings is 1. The van der Waals surface area contributed by atoms with Gasteiger partial charge in [0.05, 0.1) is 21.7 Å². The number of aromatic amines is 1. The molecular weight excluding hydrogens is 264 g/mol. The van der Waals surface area contributed by atoms with Crippen molar-refractivity contribution in [2.45, 2.75) is 9.92 Å². The minimum Gasteiger partial charge on any atom is -0.298 e. The predicted molar refractivity (Wildman–Crippen MR) is 60.9 cm³/mol. The molecular formula is C10H7ClN2O3S. The van der Waals surface area contributed by atoms with Gasteiger partial charge < -0.3 is 0 Å². The second kappa shape index (κ2) is 4.31. The third kappa shape index (κ3) is 1.96. The number of H-pyrrole nitrogens is 1. The first-order valence-corrected chi connectivity index (χ1v) is 6.41. The zero-order chi connectivity index (χ0) is 12.5. The molecule has 1 heterocycles. The minimum atomic E-state index is -3.85. The highest BCUT2D eigenvalue weighted by Crippen LogP contribution is 2.27. The molecule has 0 amide bonds. The number of nitrogens with one attached hydrogen (secondary N) is 1. The van der Waals surface area contributed by atoms with Crippen molar-refractivity contribution in [3.8, 4) is 0 Å². The molecule has 5 nitrogen and oxygen atoms in total. The Morgan fingerprint density at radius 3 is 2.65 bits per heavy atom. The van der Waals surface area contributed by atoms with Crippen LogP contribution in [0.3, 0.4) is 0 Å². The van der Waals surface area contributed by atoms with E-state index in [1.54, 1.807) is 12.1 Å². The number of hydrogen-bond donors (Lipinski definition) is 1. The molecule has 0 aliphatic rings. The van der Waals surface area contributed by atoms with Crippen molar-refractivity contribution in [2.24, 2.45) is 0 Å². The summed E-state index contributed by atoms with van der Waals surface area (Å²) in [6.07, 6.45) is 1.57. The lowest BCUT2D eigenvalue weighted by atomic mass is 10.4. The van der Waals surface area contributed by atoms with Crippen molar-refractivity contribution in [1.29, 1.82) is 0 Å². The molecule has 7 heteroatoms. The topological polar surface area (TPSA) is 79.9 Å². The zero-order valence-electron chi connectivity index (χ0n) is 8.42. The van der Waals surface area contributed by atoms with Crippen LogP contribution in [0.1, 0.15) is 10.4 Å². The summed E-state index contributed by atoms with van der Waals surface area (Å²) in [5.41, 5.74) is -0.0232. The molecule has 0 aliphatic carbocycles. The Balaban J connectivity index is 2.67. The molecule has 0 atom stereocenters. The van der Waals surface area contributed by atoms with Crippen molar-refractivity contribution in [1.82, 2.24) is 10.2 Å². The van der Waals surface area contributed by atoms with Crippen molar-refractivity contribution in [3.63, 3.8) is 0 Å². The molecule has 0 saturated heterocycles. The van der Waals surface area contributed by atoms with E-state index in [0.717, 1.165) is 6.20 Å². The number of nitrogens with zero attached hydrogens (tertiary/aromatic N) is 1. The van der Waals surface area contributed by atoms with Crippen molar-refractivity contribution in [3.05, 3.63) is 41.0 Å². The van der Waals surface area contributed by atoms with Crippen molar-refractivity contribution in [2.75, 3.05) is 0 Å². The molecule has 2 rings (SSSR count). The first-order valence-electron chi connectivity index (χ1n) is 4.55. The van der Waals surface area contributed by atoms with E-state index in [0.29, 0.717) is 6.29 Å². The van der Waals surface area contributed by atoms with Gasteiger partial charge in [0.15, 0.2) is 11.3 Å². The highest BCUT2D eigenvalue weighted by Gasteiger charge is 2.25. The average molecular weight is 271 g/mol. The minimum absolute atomic E-state index is 0.0232. The molecule has 17 heavy (non-hydrogen) atoms. The first kappa shape index (κ1) is 11.8. The third-order valence-electron chi connectivity index (χ3n) is 2.15. The molecule has 0 aliphatic heterocycles. The summed E-state index contributed by atoms with van der Waals surface area (Å²) in [5.74, 6) is 0. The van der Waals surface area contributed by atoms with Gasteiger partial charge in [-0.25, -0.2) is 8.42 Å². The summed E-state index contributed by atoms with van der Waals surface area (Å²) in [4.78, 5) is 10.6. The van der Waals surface area contributed by atoms with Crippen LogP contribution in [0.5, 0.6) is 0 Å². The number of hydrogen-bond acceptors (Lipinski definition) is 4. The highest BCUT2D eigenvalue weighted by atomic mass is 35.5. The summed E-state index contributed by atoms with van der Waals surface area (Å²) in [7, 11) is -3.85. The van der Waals surface area contributed by atoms with Gasteiger partial charge in [-0.1, -0.05) is 23.7 Å². The second-order valence-electron chi connectivity index (χ2n) is 3.21. The predicted octanol–water partition coefficient (Wildman–Crippen LogP) is 1.71. The molecule has 1 aromatic heterocycles. The fourth-order valence-electron chi connectivity index (χ4n) is 1.36. The Morgan fingerprint density at radius 2 is 2.00 bits per heavy atom. The summed E-state index contributed by atoms with van der Waals surface area (Å²) in [6, 6.07) is 6.00. The van der Waals surface area contributed by atoms with Crippen LogP contribution in [0, 0.1) is 0 Å². The summed E-state index contributed by atoms with van der Waals surface area (Å²) < 4.78 is 24.4. The Kier molecular flexibility index (Phi) is 2.99. The fourth-order valence-corrected chi connectivity index (χ4v) is 3.18. The van der Waals surface area contributed by atoms with E-state index in [-0.39, 0.29) is 20.5 Å². The molecule has 0 spiro atoms. The molecule has 0 saturated carbocycles. The fraction of sp³-hybridized carbons (Fsp3) is 0. The van der Waals surface area contributed by atoms with Gasteiger partial charge in [0.1, 0.15) is 0 Å². The molecule has 88 valence electrons. The lowest BCUT2D eigenvalue weighted by Gasteiger charge is -2.04. The van der Waals surface area contributed by atoms with Gasteiger partial charge in [0.25, 0.3) is 0 Å². The van der Waals surface area contributed by atoms with Gasteiger partial charge in [-0.15, -0.1) is 0 Å². The van der Waals surface area contributed by atoms with Gasteiger partial charge >= 0.3 is 0 Å². The van der Waals surface area contributed by atoms with E-state index in [2.05, 4.69) is 10.2 Å². The van der Waals surface area contributed by atoms with Gasteiger partial charge in [-0.3, -0.25) is 9.89 Å². The van der Waals surface area contributed by atoms with Gasteiger partial charge in [-0.2, -0.15) is 5.10 Å². The van der Waals surface area contributed by atoms with E-state index < -0.39 is 9.84 Å². The number of aldehydes is 1. The Labute approximate surface area is 102 Å². The van der Waals surface area contributed by atoms with E-state index in [4.69, 9.17) is 11.6 Å². The average Bonchev–Trinajstić information content (AvgIpc) is 2.78. The summed E-state index contributed by atoms with van der Waals surface area (Å²) in [5, 5.41) is 5.68. The quantitative estimate of drug-likeness (QED) is 0.861. The lowest BCUT2D eigenvalue weighted by Crippen LogP contribution is -2.05. The maximum absolute atomic E-state index is 12.2. The molecule has 0 fully saturated rings. The summed E-state index contributed by atoms with van der Waals surface area (Å²) in [6.45, 7) is 0. The zero-order valence-corrected chi connectivity index (χ0v) is 9.99. The van der Waals surface area contributed by atoms with Gasteiger partial charge in [0, 0.05) is 0 Å². The first-order chi connectivity index (χ1) is 8.07. The second-order valence-corrected chi connectivity index (χ2v) is 5.47. The van der Waals surface area contributed by atoms with Crippen LogP contribution in [0.4, 0.5) is 0 Å². The van der Waals surface area contributed by atoms with Gasteiger partial charge in [-0.05, 0) is 12.1 Å².